The van der Waals surface area contributed by atoms with Crippen LogP contribution in [0.1, 0.15) is 18.4 Å². The summed E-state index contributed by atoms with van der Waals surface area (Å²) in [6.07, 6.45) is 1.95. The maximum absolute atomic E-state index is 12.8. The fourth-order valence-electron chi connectivity index (χ4n) is 4.53. The third kappa shape index (κ3) is 1.88. The van der Waals surface area contributed by atoms with Crippen molar-refractivity contribution in [1.82, 2.24) is 4.90 Å². The van der Waals surface area contributed by atoms with Gasteiger partial charge in [0.2, 0.25) is 5.91 Å². The fraction of sp³-hybridized carbons (Fsp3) is 0.529. The van der Waals surface area contributed by atoms with E-state index in [-0.39, 0.29) is 29.8 Å². The summed E-state index contributed by atoms with van der Waals surface area (Å²) in [5.41, 5.74) is 1.11. The molecular formula is C17H19NO3. The van der Waals surface area contributed by atoms with E-state index in [1.165, 1.54) is 0 Å². The molecule has 3 fully saturated rings. The average Bonchev–Trinajstić information content (AvgIpc) is 3.09. The van der Waals surface area contributed by atoms with Crippen molar-refractivity contribution in [3.05, 3.63) is 35.9 Å². The van der Waals surface area contributed by atoms with E-state index in [4.69, 9.17) is 4.74 Å². The molecule has 1 aliphatic heterocycles. The minimum absolute atomic E-state index is 0.0935. The van der Waals surface area contributed by atoms with Crippen molar-refractivity contribution in [1.29, 1.82) is 0 Å². The summed E-state index contributed by atoms with van der Waals surface area (Å²) in [6, 6.07) is 9.96. The first-order valence-corrected chi connectivity index (χ1v) is 7.64. The summed E-state index contributed by atoms with van der Waals surface area (Å²) >= 11 is 0. The Labute approximate surface area is 124 Å². The van der Waals surface area contributed by atoms with Gasteiger partial charge in [0.15, 0.2) is 0 Å². The summed E-state index contributed by atoms with van der Waals surface area (Å²) in [5, 5.41) is 0. The predicted octanol–water partition coefficient (Wildman–Crippen LogP) is 1.84. The monoisotopic (exact) mass is 285 g/mol. The first-order chi connectivity index (χ1) is 10.1. The first kappa shape index (κ1) is 12.9. The van der Waals surface area contributed by atoms with Gasteiger partial charge in [-0.2, -0.15) is 0 Å². The summed E-state index contributed by atoms with van der Waals surface area (Å²) in [7, 11) is 1.83. The Kier molecular flexibility index (Phi) is 2.81. The number of esters is 1. The standard InChI is InChI=1S/C17H19NO3/c1-18(9-10-5-3-2-4-6-10)16(19)14-11-7-12-13(8-11)21-17(20)15(12)14/h2-6,11-15H,7-9H2,1H3/t11-,12+,13-,14+,15-/m1/s1. The van der Waals surface area contributed by atoms with Crippen LogP contribution in [0.15, 0.2) is 30.3 Å². The number of carbonyl (C=O) groups is 2. The zero-order valence-corrected chi connectivity index (χ0v) is 12.1. The molecule has 2 saturated carbocycles. The number of hydrogen-bond donors (Lipinski definition) is 0. The molecule has 1 heterocycles. The lowest BCUT2D eigenvalue weighted by Gasteiger charge is -2.28. The normalized spacial score (nSPS) is 35.9. The number of amides is 1. The average molecular weight is 285 g/mol. The number of nitrogens with zero attached hydrogens (tertiary/aromatic N) is 1. The van der Waals surface area contributed by atoms with Crippen molar-refractivity contribution in [2.24, 2.45) is 23.7 Å². The van der Waals surface area contributed by atoms with Gasteiger partial charge in [0.25, 0.3) is 0 Å². The van der Waals surface area contributed by atoms with Crippen LogP contribution in [-0.4, -0.2) is 29.9 Å². The minimum Gasteiger partial charge on any atom is -0.462 e. The molecule has 1 saturated heterocycles. The van der Waals surface area contributed by atoms with E-state index in [1.807, 2.05) is 37.4 Å². The van der Waals surface area contributed by atoms with Crippen molar-refractivity contribution in [3.8, 4) is 0 Å². The molecule has 1 amide bonds. The van der Waals surface area contributed by atoms with Crippen LogP contribution in [0.5, 0.6) is 0 Å². The molecule has 0 radical (unpaired) electrons. The van der Waals surface area contributed by atoms with Crippen molar-refractivity contribution < 1.29 is 14.3 Å². The second kappa shape index (κ2) is 4.58. The molecule has 0 unspecified atom stereocenters. The second-order valence-electron chi connectivity index (χ2n) is 6.60. The van der Waals surface area contributed by atoms with Crippen LogP contribution >= 0.6 is 0 Å². The van der Waals surface area contributed by atoms with Gasteiger partial charge in [0.05, 0.1) is 11.8 Å². The highest BCUT2D eigenvalue weighted by Gasteiger charge is 2.64. The van der Waals surface area contributed by atoms with E-state index >= 15 is 0 Å². The third-order valence-electron chi connectivity index (χ3n) is 5.41. The molecule has 1 aromatic carbocycles. The summed E-state index contributed by atoms with van der Waals surface area (Å²) in [6.45, 7) is 0.596. The number of benzene rings is 1. The molecule has 1 aromatic rings. The number of fused-ring (bicyclic) bond motifs is 1. The van der Waals surface area contributed by atoms with Crippen LogP contribution < -0.4 is 0 Å². The molecule has 21 heavy (non-hydrogen) atoms. The van der Waals surface area contributed by atoms with E-state index in [2.05, 4.69) is 0 Å². The molecule has 3 aliphatic rings. The van der Waals surface area contributed by atoms with Gasteiger partial charge in [-0.1, -0.05) is 30.3 Å². The highest BCUT2D eigenvalue weighted by molar-refractivity contribution is 5.88. The van der Waals surface area contributed by atoms with E-state index in [0.717, 1.165) is 18.4 Å². The van der Waals surface area contributed by atoms with Crippen molar-refractivity contribution >= 4 is 11.9 Å². The maximum atomic E-state index is 12.8. The van der Waals surface area contributed by atoms with Crippen LogP contribution in [0.4, 0.5) is 0 Å². The van der Waals surface area contributed by atoms with Gasteiger partial charge in [-0.15, -0.1) is 0 Å². The lowest BCUT2D eigenvalue weighted by molar-refractivity contribution is -0.148. The van der Waals surface area contributed by atoms with Gasteiger partial charge < -0.3 is 9.64 Å². The number of ether oxygens (including phenoxy) is 1. The van der Waals surface area contributed by atoms with E-state index in [0.29, 0.717) is 18.4 Å². The fourth-order valence-corrected chi connectivity index (χ4v) is 4.53. The number of rotatable bonds is 3. The Morgan fingerprint density at radius 1 is 1.29 bits per heavy atom. The first-order valence-electron chi connectivity index (χ1n) is 7.64. The number of hydrogen-bond acceptors (Lipinski definition) is 3. The predicted molar refractivity (Wildman–Crippen MR) is 76.0 cm³/mol. The van der Waals surface area contributed by atoms with Gasteiger partial charge in [-0.3, -0.25) is 9.59 Å². The molecule has 0 aromatic heterocycles. The van der Waals surface area contributed by atoms with E-state index in [1.54, 1.807) is 4.90 Å². The minimum atomic E-state index is -0.181. The maximum Gasteiger partial charge on any atom is 0.310 e. The van der Waals surface area contributed by atoms with Crippen LogP contribution in [0.3, 0.4) is 0 Å². The Morgan fingerprint density at radius 3 is 2.81 bits per heavy atom. The molecule has 5 atom stereocenters. The molecule has 4 heteroatoms. The highest BCUT2D eigenvalue weighted by atomic mass is 16.6. The van der Waals surface area contributed by atoms with Crippen LogP contribution in [0.2, 0.25) is 0 Å². The Hall–Kier alpha value is -1.84. The largest absolute Gasteiger partial charge is 0.462 e. The lowest BCUT2D eigenvalue weighted by Crippen LogP contribution is -2.40. The topological polar surface area (TPSA) is 46.6 Å². The summed E-state index contributed by atoms with van der Waals surface area (Å²) < 4.78 is 5.41. The van der Waals surface area contributed by atoms with E-state index in [9.17, 15) is 9.59 Å². The van der Waals surface area contributed by atoms with Gasteiger partial charge in [0, 0.05) is 19.5 Å². The van der Waals surface area contributed by atoms with Crippen molar-refractivity contribution in [2.45, 2.75) is 25.5 Å². The molecular weight excluding hydrogens is 266 g/mol. The van der Waals surface area contributed by atoms with Gasteiger partial charge >= 0.3 is 5.97 Å². The quantitative estimate of drug-likeness (QED) is 0.796. The van der Waals surface area contributed by atoms with Crippen molar-refractivity contribution in [3.63, 3.8) is 0 Å². The van der Waals surface area contributed by atoms with Crippen molar-refractivity contribution in [2.75, 3.05) is 7.05 Å². The van der Waals surface area contributed by atoms with Gasteiger partial charge in [0.1, 0.15) is 6.10 Å². The zero-order chi connectivity index (χ0) is 14.6. The van der Waals surface area contributed by atoms with E-state index < -0.39 is 0 Å². The third-order valence-corrected chi connectivity index (χ3v) is 5.41. The molecule has 110 valence electrons. The Balaban J connectivity index is 1.51. The summed E-state index contributed by atoms with van der Waals surface area (Å²) in [4.78, 5) is 26.6. The smallest absolute Gasteiger partial charge is 0.310 e. The van der Waals surface area contributed by atoms with Crippen LogP contribution in [-0.2, 0) is 20.9 Å². The molecule has 2 bridgehead atoms. The van der Waals surface area contributed by atoms with Gasteiger partial charge in [-0.25, -0.2) is 0 Å². The molecule has 0 N–H and O–H groups in total. The van der Waals surface area contributed by atoms with Crippen LogP contribution in [0, 0.1) is 23.7 Å². The molecule has 4 nitrogen and oxygen atoms in total. The second-order valence-corrected chi connectivity index (χ2v) is 6.60. The van der Waals surface area contributed by atoms with Crippen LogP contribution in [0.25, 0.3) is 0 Å². The Morgan fingerprint density at radius 2 is 2.05 bits per heavy atom. The zero-order valence-electron chi connectivity index (χ0n) is 12.1. The van der Waals surface area contributed by atoms with Gasteiger partial charge in [-0.05, 0) is 24.3 Å². The summed E-state index contributed by atoms with van der Waals surface area (Å²) in [5.74, 6) is 0.253. The number of carbonyl (C=O) groups excluding carboxylic acids is 2. The molecule has 0 spiro atoms. The Bertz CT molecular complexity index is 583. The SMILES string of the molecule is CN(Cc1ccccc1)C(=O)[C@H]1[C@@H]2C[C@@H]3[C@H]1C(=O)O[C@@H]3C2. The molecule has 2 aliphatic carbocycles. The molecule has 4 rings (SSSR count). The highest BCUT2D eigenvalue weighted by Crippen LogP contribution is 2.58. The lowest BCUT2D eigenvalue weighted by atomic mass is 9.79.